The lowest BCUT2D eigenvalue weighted by atomic mass is 9.94. The van der Waals surface area contributed by atoms with Crippen LogP contribution in [0.4, 0.5) is 0 Å². The van der Waals surface area contributed by atoms with E-state index in [1.54, 1.807) is 0 Å². The first-order valence-electron chi connectivity index (χ1n) is 7.62. The van der Waals surface area contributed by atoms with Crippen LogP contribution in [0.15, 0.2) is 0 Å². The summed E-state index contributed by atoms with van der Waals surface area (Å²) in [6, 6.07) is 0. The van der Waals surface area contributed by atoms with Crippen LogP contribution in [0, 0.1) is 0 Å². The van der Waals surface area contributed by atoms with Gasteiger partial charge in [-0.05, 0) is 39.2 Å². The van der Waals surface area contributed by atoms with Crippen molar-refractivity contribution in [3.63, 3.8) is 0 Å². The Morgan fingerprint density at radius 2 is 2.05 bits per heavy atom. The zero-order valence-corrected chi connectivity index (χ0v) is 13.5. The number of sulfone groups is 1. The van der Waals surface area contributed by atoms with E-state index in [2.05, 4.69) is 4.90 Å². The Morgan fingerprint density at radius 3 is 2.60 bits per heavy atom. The van der Waals surface area contributed by atoms with Crippen molar-refractivity contribution in [2.24, 2.45) is 5.73 Å². The van der Waals surface area contributed by atoms with Gasteiger partial charge in [0.2, 0.25) is 0 Å². The molecule has 0 aromatic rings. The minimum atomic E-state index is -3.07. The standard InChI is InChI=1S/C14H28N2O3S/c1-16(10-12-6-3-4-9-19-12)14(11-15)8-5-7-13(14)20(2,17)18/h12-13H,3-11,15H2,1-2H3. The number of rotatable bonds is 5. The van der Waals surface area contributed by atoms with E-state index in [4.69, 9.17) is 10.5 Å². The lowest BCUT2D eigenvalue weighted by Gasteiger charge is -2.43. The Balaban J connectivity index is 2.12. The van der Waals surface area contributed by atoms with Gasteiger partial charge >= 0.3 is 0 Å². The molecule has 0 aromatic heterocycles. The van der Waals surface area contributed by atoms with Crippen molar-refractivity contribution in [2.75, 3.05) is 33.0 Å². The van der Waals surface area contributed by atoms with Crippen LogP contribution in [0.2, 0.25) is 0 Å². The van der Waals surface area contributed by atoms with Gasteiger partial charge in [-0.25, -0.2) is 8.42 Å². The molecule has 118 valence electrons. The smallest absolute Gasteiger partial charge is 0.152 e. The Labute approximate surface area is 122 Å². The summed E-state index contributed by atoms with van der Waals surface area (Å²) >= 11 is 0. The van der Waals surface area contributed by atoms with Crippen LogP contribution in [0.1, 0.15) is 38.5 Å². The van der Waals surface area contributed by atoms with Gasteiger partial charge in [0.05, 0.1) is 11.4 Å². The summed E-state index contributed by atoms with van der Waals surface area (Å²) in [5.41, 5.74) is 5.61. The van der Waals surface area contributed by atoms with Crippen LogP contribution in [0.5, 0.6) is 0 Å². The molecule has 0 radical (unpaired) electrons. The molecule has 20 heavy (non-hydrogen) atoms. The first kappa shape index (κ1) is 16.2. The van der Waals surface area contributed by atoms with E-state index < -0.39 is 15.4 Å². The van der Waals surface area contributed by atoms with Gasteiger partial charge in [-0.2, -0.15) is 0 Å². The molecule has 2 aliphatic rings. The van der Waals surface area contributed by atoms with Crippen molar-refractivity contribution in [1.82, 2.24) is 4.90 Å². The molecule has 0 bridgehead atoms. The first-order valence-corrected chi connectivity index (χ1v) is 9.57. The van der Waals surface area contributed by atoms with Crippen LogP contribution in [-0.4, -0.2) is 63.2 Å². The molecule has 1 aliphatic carbocycles. The molecule has 2 fully saturated rings. The SMILES string of the molecule is CN(CC1CCCCO1)C1(CN)CCCC1S(C)(=O)=O. The van der Waals surface area contributed by atoms with E-state index in [0.717, 1.165) is 45.3 Å². The second-order valence-corrected chi connectivity index (χ2v) is 8.62. The fourth-order valence-corrected chi connectivity index (χ4v) is 5.69. The van der Waals surface area contributed by atoms with Crippen molar-refractivity contribution >= 4 is 9.84 Å². The topological polar surface area (TPSA) is 72.6 Å². The predicted octanol–water partition coefficient (Wildman–Crippen LogP) is 0.782. The molecule has 0 spiro atoms. The maximum Gasteiger partial charge on any atom is 0.152 e. The number of hydrogen-bond donors (Lipinski definition) is 1. The molecule has 1 aliphatic heterocycles. The molecule has 2 N–H and O–H groups in total. The lowest BCUT2D eigenvalue weighted by Crippen LogP contribution is -2.60. The first-order chi connectivity index (χ1) is 9.40. The van der Waals surface area contributed by atoms with Gasteiger partial charge in [0.15, 0.2) is 9.84 Å². The highest BCUT2D eigenvalue weighted by atomic mass is 32.2. The Morgan fingerprint density at radius 1 is 1.30 bits per heavy atom. The van der Waals surface area contributed by atoms with Crippen molar-refractivity contribution in [2.45, 2.75) is 55.4 Å². The minimum Gasteiger partial charge on any atom is -0.377 e. The number of ether oxygens (including phenoxy) is 1. The fourth-order valence-electron chi connectivity index (χ4n) is 3.90. The zero-order chi connectivity index (χ0) is 14.8. The van der Waals surface area contributed by atoms with Crippen molar-refractivity contribution < 1.29 is 13.2 Å². The fraction of sp³-hybridized carbons (Fsp3) is 1.00. The van der Waals surface area contributed by atoms with Crippen LogP contribution in [0.25, 0.3) is 0 Å². The Hall–Kier alpha value is -0.170. The highest BCUT2D eigenvalue weighted by Crippen LogP contribution is 2.38. The van der Waals surface area contributed by atoms with Crippen LogP contribution in [0.3, 0.4) is 0 Å². The quantitative estimate of drug-likeness (QED) is 0.812. The molecule has 1 heterocycles. The number of likely N-dealkylation sites (N-methyl/N-ethyl adjacent to an activating group) is 1. The number of nitrogens with zero attached hydrogens (tertiary/aromatic N) is 1. The third-order valence-corrected chi connectivity index (χ3v) is 6.77. The number of hydrogen-bond acceptors (Lipinski definition) is 5. The van der Waals surface area contributed by atoms with E-state index in [1.165, 1.54) is 12.7 Å². The lowest BCUT2D eigenvalue weighted by molar-refractivity contribution is -0.0210. The normalized spacial score (nSPS) is 35.6. The maximum absolute atomic E-state index is 12.1. The van der Waals surface area contributed by atoms with Crippen molar-refractivity contribution in [3.8, 4) is 0 Å². The van der Waals surface area contributed by atoms with Crippen molar-refractivity contribution in [1.29, 1.82) is 0 Å². The van der Waals surface area contributed by atoms with Crippen LogP contribution < -0.4 is 5.73 Å². The summed E-state index contributed by atoms with van der Waals surface area (Å²) in [6.45, 7) is 2.00. The highest BCUT2D eigenvalue weighted by molar-refractivity contribution is 7.91. The molecular weight excluding hydrogens is 276 g/mol. The number of nitrogens with two attached hydrogens (primary N) is 1. The average Bonchev–Trinajstić information content (AvgIpc) is 2.85. The van der Waals surface area contributed by atoms with Gasteiger partial charge in [-0.15, -0.1) is 0 Å². The molecule has 5 nitrogen and oxygen atoms in total. The van der Waals surface area contributed by atoms with E-state index in [-0.39, 0.29) is 11.4 Å². The van der Waals surface area contributed by atoms with Gasteiger partial charge in [-0.1, -0.05) is 6.42 Å². The summed E-state index contributed by atoms with van der Waals surface area (Å²) in [6.07, 6.45) is 7.49. The van der Waals surface area contributed by atoms with E-state index in [9.17, 15) is 8.42 Å². The van der Waals surface area contributed by atoms with E-state index >= 15 is 0 Å². The predicted molar refractivity (Wildman–Crippen MR) is 80.5 cm³/mol. The minimum absolute atomic E-state index is 0.220. The highest BCUT2D eigenvalue weighted by Gasteiger charge is 2.50. The van der Waals surface area contributed by atoms with E-state index in [1.807, 2.05) is 7.05 Å². The average molecular weight is 304 g/mol. The molecule has 1 saturated carbocycles. The third kappa shape index (κ3) is 3.18. The van der Waals surface area contributed by atoms with Gasteiger partial charge in [-0.3, -0.25) is 4.90 Å². The summed E-state index contributed by atoms with van der Waals surface area (Å²) in [5.74, 6) is 0. The second kappa shape index (κ2) is 6.30. The maximum atomic E-state index is 12.1. The van der Waals surface area contributed by atoms with Crippen molar-refractivity contribution in [3.05, 3.63) is 0 Å². The van der Waals surface area contributed by atoms with Crippen LogP contribution in [-0.2, 0) is 14.6 Å². The summed E-state index contributed by atoms with van der Waals surface area (Å²) in [4.78, 5) is 2.17. The summed E-state index contributed by atoms with van der Waals surface area (Å²) in [7, 11) is -1.06. The Bertz CT molecular complexity index is 420. The summed E-state index contributed by atoms with van der Waals surface area (Å²) in [5, 5.41) is -0.339. The molecule has 3 atom stereocenters. The molecule has 2 rings (SSSR count). The van der Waals surface area contributed by atoms with Crippen LogP contribution >= 0.6 is 0 Å². The third-order valence-electron chi connectivity index (χ3n) is 5.06. The largest absolute Gasteiger partial charge is 0.377 e. The van der Waals surface area contributed by atoms with Gasteiger partial charge in [0.1, 0.15) is 0 Å². The summed E-state index contributed by atoms with van der Waals surface area (Å²) < 4.78 is 30.0. The van der Waals surface area contributed by atoms with Gasteiger partial charge in [0, 0.05) is 31.5 Å². The molecule has 0 aromatic carbocycles. The monoisotopic (exact) mass is 304 g/mol. The molecule has 3 unspecified atom stereocenters. The van der Waals surface area contributed by atoms with E-state index in [0.29, 0.717) is 6.54 Å². The second-order valence-electron chi connectivity index (χ2n) is 6.39. The molecule has 1 saturated heterocycles. The van der Waals surface area contributed by atoms with Gasteiger partial charge in [0.25, 0.3) is 0 Å². The van der Waals surface area contributed by atoms with Gasteiger partial charge < -0.3 is 10.5 Å². The Kier molecular flexibility index (Phi) is 5.10. The molecule has 0 amide bonds. The zero-order valence-electron chi connectivity index (χ0n) is 12.7. The molecule has 6 heteroatoms. The molecular formula is C14H28N2O3S.